The summed E-state index contributed by atoms with van der Waals surface area (Å²) in [6, 6.07) is 2.80. The van der Waals surface area contributed by atoms with Crippen LogP contribution in [0.1, 0.15) is 43.2 Å². The summed E-state index contributed by atoms with van der Waals surface area (Å²) in [6.45, 7) is 2.17. The fourth-order valence-corrected chi connectivity index (χ4v) is 3.16. The summed E-state index contributed by atoms with van der Waals surface area (Å²) in [4.78, 5) is 12.0. The number of hydrogen-bond donors (Lipinski definition) is 2. The van der Waals surface area contributed by atoms with Crippen molar-refractivity contribution < 1.29 is 17.6 Å². The Morgan fingerprint density at radius 1 is 1.35 bits per heavy atom. The fraction of sp³-hybridized carbons (Fsp3) is 0.615. The summed E-state index contributed by atoms with van der Waals surface area (Å²) >= 11 is 0. The molecule has 2 atom stereocenters. The van der Waals surface area contributed by atoms with Gasteiger partial charge in [-0.1, -0.05) is 19.8 Å². The second-order valence-electron chi connectivity index (χ2n) is 5.27. The van der Waals surface area contributed by atoms with E-state index < -0.39 is 10.0 Å². The van der Waals surface area contributed by atoms with Crippen molar-refractivity contribution in [2.75, 3.05) is 7.05 Å². The van der Waals surface area contributed by atoms with Crippen LogP contribution >= 0.6 is 0 Å². The summed E-state index contributed by atoms with van der Waals surface area (Å²) in [5.74, 6) is 0.268. The van der Waals surface area contributed by atoms with Crippen LogP contribution in [0.15, 0.2) is 21.6 Å². The van der Waals surface area contributed by atoms with Crippen LogP contribution in [0.3, 0.4) is 0 Å². The summed E-state index contributed by atoms with van der Waals surface area (Å²) in [5, 5.41) is 2.65. The molecule has 0 bridgehead atoms. The van der Waals surface area contributed by atoms with E-state index in [9.17, 15) is 13.2 Å². The molecule has 0 radical (unpaired) electrons. The van der Waals surface area contributed by atoms with Gasteiger partial charge >= 0.3 is 0 Å². The molecule has 6 nitrogen and oxygen atoms in total. The molecule has 0 aliphatic heterocycles. The van der Waals surface area contributed by atoms with Gasteiger partial charge in [-0.2, -0.15) is 0 Å². The first-order valence-electron chi connectivity index (χ1n) is 6.76. The van der Waals surface area contributed by atoms with Crippen molar-refractivity contribution in [2.45, 2.75) is 43.7 Å². The molecule has 112 valence electrons. The molecule has 0 unspecified atom stereocenters. The van der Waals surface area contributed by atoms with Crippen LogP contribution in [0.4, 0.5) is 0 Å². The van der Waals surface area contributed by atoms with Gasteiger partial charge in [-0.05, 0) is 37.9 Å². The molecule has 20 heavy (non-hydrogen) atoms. The maximum absolute atomic E-state index is 12.0. The van der Waals surface area contributed by atoms with Crippen LogP contribution in [-0.4, -0.2) is 27.4 Å². The number of rotatable bonds is 4. The summed E-state index contributed by atoms with van der Waals surface area (Å²) in [7, 11) is -2.36. The zero-order valence-electron chi connectivity index (χ0n) is 11.7. The highest BCUT2D eigenvalue weighted by Gasteiger charge is 2.24. The molecule has 2 N–H and O–H groups in total. The lowest BCUT2D eigenvalue weighted by molar-refractivity contribution is 0.0888. The Labute approximate surface area is 119 Å². The normalized spacial score (nSPS) is 23.5. The van der Waals surface area contributed by atoms with Gasteiger partial charge < -0.3 is 9.73 Å². The second-order valence-corrected chi connectivity index (χ2v) is 7.09. The Morgan fingerprint density at radius 2 is 2.10 bits per heavy atom. The van der Waals surface area contributed by atoms with Crippen molar-refractivity contribution >= 4 is 15.9 Å². The molecule has 1 heterocycles. The third kappa shape index (κ3) is 3.40. The van der Waals surface area contributed by atoms with E-state index >= 15 is 0 Å². The predicted octanol–water partition coefficient (Wildman–Crippen LogP) is 1.50. The molecule has 2 rings (SSSR count). The topological polar surface area (TPSA) is 88.4 Å². The zero-order valence-corrected chi connectivity index (χ0v) is 12.5. The van der Waals surface area contributed by atoms with Crippen LogP contribution in [0, 0.1) is 5.92 Å². The minimum Gasteiger partial charge on any atom is -0.438 e. The summed E-state index contributed by atoms with van der Waals surface area (Å²) in [5.41, 5.74) is 0. The van der Waals surface area contributed by atoms with Gasteiger partial charge in [0.15, 0.2) is 5.76 Å². The predicted molar refractivity (Wildman–Crippen MR) is 73.8 cm³/mol. The minimum absolute atomic E-state index is 0.0250. The highest BCUT2D eigenvalue weighted by Crippen LogP contribution is 2.24. The molecule has 7 heteroatoms. The molecule has 1 aromatic rings. The average Bonchev–Trinajstić information content (AvgIpc) is 2.89. The van der Waals surface area contributed by atoms with Crippen molar-refractivity contribution in [2.24, 2.45) is 5.92 Å². The molecule has 1 amide bonds. The number of nitrogens with one attached hydrogen (secondary N) is 2. The van der Waals surface area contributed by atoms with Gasteiger partial charge in [-0.3, -0.25) is 4.79 Å². The minimum atomic E-state index is -3.65. The first-order chi connectivity index (χ1) is 9.42. The van der Waals surface area contributed by atoms with E-state index in [1.807, 2.05) is 0 Å². The Balaban J connectivity index is 2.03. The van der Waals surface area contributed by atoms with Gasteiger partial charge in [0.25, 0.3) is 15.9 Å². The number of carbonyl (C=O) groups is 1. The summed E-state index contributed by atoms with van der Waals surface area (Å²) < 4.78 is 30.3. The maximum atomic E-state index is 12.0. The monoisotopic (exact) mass is 300 g/mol. The lowest BCUT2D eigenvalue weighted by atomic mass is 9.87. The van der Waals surface area contributed by atoms with Gasteiger partial charge in [-0.15, -0.1) is 0 Å². The van der Waals surface area contributed by atoms with Crippen LogP contribution in [-0.2, 0) is 10.0 Å². The van der Waals surface area contributed by atoms with E-state index in [1.165, 1.54) is 25.6 Å². The van der Waals surface area contributed by atoms with Gasteiger partial charge in [0.05, 0.1) is 0 Å². The number of amides is 1. The molecule has 1 fully saturated rings. The number of furan rings is 1. The van der Waals surface area contributed by atoms with Crippen LogP contribution < -0.4 is 10.0 Å². The zero-order chi connectivity index (χ0) is 14.8. The SMILES string of the molecule is CNS(=O)(=O)c1ccc(C(=O)N[C@H]2CCC[C@@H](C)C2)o1. The fourth-order valence-electron chi connectivity index (χ4n) is 2.51. The number of carbonyl (C=O) groups excluding carboxylic acids is 1. The standard InChI is InChI=1S/C13H20N2O4S/c1-9-4-3-5-10(8-9)15-13(16)11-6-7-12(19-11)20(17,18)14-2/h6-7,9-10,14H,3-5,8H2,1-2H3,(H,15,16)/t9-,10+/m1/s1. The van der Waals surface area contributed by atoms with Gasteiger partial charge in [-0.25, -0.2) is 13.1 Å². The van der Waals surface area contributed by atoms with Gasteiger partial charge in [0.2, 0.25) is 5.09 Å². The highest BCUT2D eigenvalue weighted by molar-refractivity contribution is 7.89. The van der Waals surface area contributed by atoms with E-state index in [1.54, 1.807) is 0 Å². The van der Waals surface area contributed by atoms with Crippen molar-refractivity contribution in [3.8, 4) is 0 Å². The quantitative estimate of drug-likeness (QED) is 0.882. The first-order valence-corrected chi connectivity index (χ1v) is 8.25. The highest BCUT2D eigenvalue weighted by atomic mass is 32.2. The Morgan fingerprint density at radius 3 is 2.75 bits per heavy atom. The smallest absolute Gasteiger partial charge is 0.287 e. The van der Waals surface area contributed by atoms with E-state index in [0.717, 1.165) is 19.3 Å². The number of hydrogen-bond acceptors (Lipinski definition) is 4. The molecular formula is C13H20N2O4S. The number of sulfonamides is 1. The lowest BCUT2D eigenvalue weighted by Crippen LogP contribution is -2.37. The van der Waals surface area contributed by atoms with Crippen LogP contribution in [0.25, 0.3) is 0 Å². The van der Waals surface area contributed by atoms with E-state index in [4.69, 9.17) is 4.42 Å². The van der Waals surface area contributed by atoms with E-state index in [0.29, 0.717) is 5.92 Å². The third-order valence-electron chi connectivity index (χ3n) is 3.61. The Kier molecular flexibility index (Phi) is 4.49. The molecule has 1 aliphatic carbocycles. The van der Waals surface area contributed by atoms with Crippen molar-refractivity contribution in [1.82, 2.24) is 10.0 Å². The van der Waals surface area contributed by atoms with Crippen LogP contribution in [0.2, 0.25) is 0 Å². The summed E-state index contributed by atoms with van der Waals surface area (Å²) in [6.07, 6.45) is 4.20. The van der Waals surface area contributed by atoms with Gasteiger partial charge in [0, 0.05) is 6.04 Å². The van der Waals surface area contributed by atoms with Crippen molar-refractivity contribution in [3.63, 3.8) is 0 Å². The van der Waals surface area contributed by atoms with Crippen molar-refractivity contribution in [3.05, 3.63) is 17.9 Å². The van der Waals surface area contributed by atoms with Crippen molar-refractivity contribution in [1.29, 1.82) is 0 Å². The molecule has 0 saturated heterocycles. The third-order valence-corrected chi connectivity index (χ3v) is 4.90. The molecule has 1 saturated carbocycles. The average molecular weight is 300 g/mol. The Hall–Kier alpha value is -1.34. The van der Waals surface area contributed by atoms with Crippen LogP contribution in [0.5, 0.6) is 0 Å². The van der Waals surface area contributed by atoms with E-state index in [-0.39, 0.29) is 22.8 Å². The molecular weight excluding hydrogens is 280 g/mol. The first kappa shape index (κ1) is 15.1. The largest absolute Gasteiger partial charge is 0.438 e. The molecule has 0 aromatic carbocycles. The Bertz CT molecular complexity index is 579. The molecule has 1 aromatic heterocycles. The lowest BCUT2D eigenvalue weighted by Gasteiger charge is -2.27. The second kappa shape index (κ2) is 5.97. The van der Waals surface area contributed by atoms with Gasteiger partial charge in [0.1, 0.15) is 0 Å². The maximum Gasteiger partial charge on any atom is 0.287 e. The molecule has 1 aliphatic rings. The molecule has 0 spiro atoms. The van der Waals surface area contributed by atoms with E-state index in [2.05, 4.69) is 17.0 Å².